The predicted octanol–water partition coefficient (Wildman–Crippen LogP) is 0.336. The number of rotatable bonds is 6. The number of imidazole rings is 1. The van der Waals surface area contributed by atoms with Gasteiger partial charge >= 0.3 is 5.69 Å². The molecule has 0 aliphatic heterocycles. The fourth-order valence-corrected chi connectivity index (χ4v) is 4.57. The van der Waals surface area contributed by atoms with Gasteiger partial charge in [0, 0.05) is 33.3 Å². The van der Waals surface area contributed by atoms with Crippen LogP contribution in [0.2, 0.25) is 0 Å². The fourth-order valence-electron chi connectivity index (χ4n) is 3.20. The third-order valence-corrected chi connectivity index (χ3v) is 6.61. The summed E-state index contributed by atoms with van der Waals surface area (Å²) in [5.41, 5.74) is 0.406. The van der Waals surface area contributed by atoms with Crippen LogP contribution in [0.3, 0.4) is 0 Å². The minimum Gasteiger partial charge on any atom is -0.326 e. The van der Waals surface area contributed by atoms with Crippen LogP contribution in [-0.4, -0.2) is 38.8 Å². The summed E-state index contributed by atoms with van der Waals surface area (Å²) in [6.45, 7) is 2.02. The van der Waals surface area contributed by atoms with Gasteiger partial charge in [0.05, 0.1) is 5.75 Å². The first-order valence-electron chi connectivity index (χ1n) is 9.30. The maximum absolute atomic E-state index is 12.8. The van der Waals surface area contributed by atoms with Crippen LogP contribution in [0.15, 0.2) is 39.0 Å². The van der Waals surface area contributed by atoms with Crippen molar-refractivity contribution in [2.24, 2.45) is 21.1 Å². The number of aromatic nitrogens is 4. The molecule has 1 N–H and O–H groups in total. The van der Waals surface area contributed by atoms with E-state index in [1.54, 1.807) is 12.1 Å². The van der Waals surface area contributed by atoms with Gasteiger partial charge in [-0.2, -0.15) is 0 Å². The van der Waals surface area contributed by atoms with Crippen molar-refractivity contribution in [1.29, 1.82) is 0 Å². The largest absolute Gasteiger partial charge is 0.332 e. The van der Waals surface area contributed by atoms with Gasteiger partial charge in [-0.15, -0.1) is 0 Å². The van der Waals surface area contributed by atoms with E-state index in [4.69, 9.17) is 0 Å². The monoisotopic (exact) mass is 433 g/mol. The Hall–Kier alpha value is -3.21. The Balaban J connectivity index is 1.84. The van der Waals surface area contributed by atoms with Crippen LogP contribution in [0.25, 0.3) is 11.2 Å². The highest BCUT2D eigenvalue weighted by molar-refractivity contribution is 7.91. The third-order valence-electron chi connectivity index (χ3n) is 4.94. The van der Waals surface area contributed by atoms with Crippen LogP contribution in [0.4, 0.5) is 5.69 Å². The maximum Gasteiger partial charge on any atom is 0.332 e. The molecule has 1 aromatic carbocycles. The lowest BCUT2D eigenvalue weighted by Crippen LogP contribution is -2.37. The molecule has 30 heavy (non-hydrogen) atoms. The van der Waals surface area contributed by atoms with E-state index < -0.39 is 32.7 Å². The van der Waals surface area contributed by atoms with E-state index >= 15 is 0 Å². The number of aryl methyl sites for hydroxylation is 3. The lowest BCUT2D eigenvalue weighted by molar-refractivity contribution is -0.115. The van der Waals surface area contributed by atoms with Gasteiger partial charge in [0.2, 0.25) is 20.9 Å². The number of fused-ring (bicyclic) bond motifs is 1. The SMILES string of the molecule is CCc1ccc(NC(=O)CCS(=O)(=O)c2nc3c(=O)n(C)c(=O)n(C)c3n2C)cc1. The van der Waals surface area contributed by atoms with Gasteiger partial charge in [-0.05, 0) is 24.1 Å². The lowest BCUT2D eigenvalue weighted by atomic mass is 10.1. The number of sulfone groups is 1. The zero-order chi connectivity index (χ0) is 22.2. The molecule has 160 valence electrons. The van der Waals surface area contributed by atoms with Gasteiger partial charge in [0.15, 0.2) is 11.2 Å². The van der Waals surface area contributed by atoms with E-state index in [-0.39, 0.29) is 22.7 Å². The van der Waals surface area contributed by atoms with Crippen molar-refractivity contribution in [3.8, 4) is 0 Å². The first-order chi connectivity index (χ1) is 14.1. The molecule has 0 bridgehead atoms. The average molecular weight is 433 g/mol. The molecule has 10 nitrogen and oxygen atoms in total. The minimum atomic E-state index is -3.98. The number of nitrogens with zero attached hydrogens (tertiary/aromatic N) is 4. The number of carbonyl (C=O) groups excluding carboxylic acids is 1. The van der Waals surface area contributed by atoms with E-state index in [0.29, 0.717) is 5.69 Å². The molecule has 0 saturated heterocycles. The topological polar surface area (TPSA) is 125 Å². The summed E-state index contributed by atoms with van der Waals surface area (Å²) < 4.78 is 28.8. The number of carbonyl (C=O) groups is 1. The Morgan fingerprint density at radius 2 is 1.67 bits per heavy atom. The molecule has 3 rings (SSSR count). The van der Waals surface area contributed by atoms with Crippen LogP contribution in [-0.2, 0) is 42.2 Å². The highest BCUT2D eigenvalue weighted by Gasteiger charge is 2.26. The normalized spacial score (nSPS) is 11.7. The van der Waals surface area contributed by atoms with Gasteiger partial charge in [0.1, 0.15) is 0 Å². The van der Waals surface area contributed by atoms with Gasteiger partial charge < -0.3 is 9.88 Å². The predicted molar refractivity (Wildman–Crippen MR) is 112 cm³/mol. The minimum absolute atomic E-state index is 0.0992. The smallest absolute Gasteiger partial charge is 0.326 e. The summed E-state index contributed by atoms with van der Waals surface area (Å²) in [4.78, 5) is 40.6. The molecule has 3 aromatic rings. The molecule has 0 saturated carbocycles. The molecule has 0 aliphatic rings. The van der Waals surface area contributed by atoms with Gasteiger partial charge in [-0.25, -0.2) is 18.2 Å². The molecular weight excluding hydrogens is 410 g/mol. The van der Waals surface area contributed by atoms with E-state index in [9.17, 15) is 22.8 Å². The van der Waals surface area contributed by atoms with E-state index in [0.717, 1.165) is 21.1 Å². The van der Waals surface area contributed by atoms with Crippen molar-refractivity contribution in [2.75, 3.05) is 11.1 Å². The van der Waals surface area contributed by atoms with Crippen molar-refractivity contribution in [3.63, 3.8) is 0 Å². The maximum atomic E-state index is 12.8. The summed E-state index contributed by atoms with van der Waals surface area (Å²) in [5, 5.41) is 2.30. The van der Waals surface area contributed by atoms with Crippen molar-refractivity contribution in [3.05, 3.63) is 50.7 Å². The van der Waals surface area contributed by atoms with Crippen molar-refractivity contribution in [2.45, 2.75) is 24.9 Å². The molecule has 0 spiro atoms. The summed E-state index contributed by atoms with van der Waals surface area (Å²) >= 11 is 0. The summed E-state index contributed by atoms with van der Waals surface area (Å²) in [5.74, 6) is -0.943. The Bertz CT molecular complexity index is 1350. The zero-order valence-corrected chi connectivity index (χ0v) is 18.0. The Morgan fingerprint density at radius 1 is 1.03 bits per heavy atom. The number of hydrogen-bond donors (Lipinski definition) is 1. The number of hydrogen-bond acceptors (Lipinski definition) is 6. The second-order valence-corrected chi connectivity index (χ2v) is 9.00. The molecule has 2 aromatic heterocycles. The Labute approximate surface area is 172 Å². The molecule has 11 heteroatoms. The highest BCUT2D eigenvalue weighted by atomic mass is 32.2. The molecule has 0 fully saturated rings. The Morgan fingerprint density at radius 3 is 2.27 bits per heavy atom. The van der Waals surface area contributed by atoms with E-state index in [1.807, 2.05) is 19.1 Å². The molecule has 0 radical (unpaired) electrons. The Kier molecular flexibility index (Phi) is 5.66. The number of benzene rings is 1. The van der Waals surface area contributed by atoms with Gasteiger partial charge in [0.25, 0.3) is 5.56 Å². The number of anilines is 1. The quantitative estimate of drug-likeness (QED) is 0.597. The standard InChI is InChI=1S/C19H23N5O5S/c1-5-12-6-8-13(9-7-12)20-14(25)10-11-30(28,29)18-21-15-16(22(18)2)23(3)19(27)24(4)17(15)26/h6-9H,5,10-11H2,1-4H3,(H,20,25). The number of nitrogens with one attached hydrogen (secondary N) is 1. The summed E-state index contributed by atoms with van der Waals surface area (Å²) in [6, 6.07) is 7.28. The van der Waals surface area contributed by atoms with Crippen LogP contribution in [0.1, 0.15) is 18.9 Å². The van der Waals surface area contributed by atoms with Crippen LogP contribution >= 0.6 is 0 Å². The average Bonchev–Trinajstić information content (AvgIpc) is 3.08. The van der Waals surface area contributed by atoms with Crippen LogP contribution in [0, 0.1) is 0 Å². The first-order valence-corrected chi connectivity index (χ1v) is 11.0. The molecular formula is C19H23N5O5S. The lowest BCUT2D eigenvalue weighted by Gasteiger charge is -2.08. The van der Waals surface area contributed by atoms with Crippen molar-refractivity contribution < 1.29 is 13.2 Å². The summed E-state index contributed by atoms with van der Waals surface area (Å²) in [7, 11) is 0.157. The highest BCUT2D eigenvalue weighted by Crippen LogP contribution is 2.17. The summed E-state index contributed by atoms with van der Waals surface area (Å²) in [6.07, 6.45) is 0.594. The molecule has 0 atom stereocenters. The number of amides is 1. The second-order valence-electron chi connectivity index (χ2n) is 7.00. The molecule has 1 amide bonds. The fraction of sp³-hybridized carbons (Fsp3) is 0.368. The second kappa shape index (κ2) is 7.90. The van der Waals surface area contributed by atoms with E-state index in [1.165, 1.54) is 25.7 Å². The third kappa shape index (κ3) is 3.80. The van der Waals surface area contributed by atoms with E-state index in [2.05, 4.69) is 10.3 Å². The molecule has 2 heterocycles. The molecule has 0 aliphatic carbocycles. The van der Waals surface area contributed by atoms with Crippen molar-refractivity contribution >= 4 is 32.6 Å². The van der Waals surface area contributed by atoms with Gasteiger partial charge in [-0.3, -0.25) is 18.7 Å². The zero-order valence-electron chi connectivity index (χ0n) is 17.2. The van der Waals surface area contributed by atoms with Crippen LogP contribution in [0.5, 0.6) is 0 Å². The first kappa shape index (κ1) is 21.5. The molecule has 0 unspecified atom stereocenters. The van der Waals surface area contributed by atoms with Gasteiger partial charge in [-0.1, -0.05) is 19.1 Å². The van der Waals surface area contributed by atoms with Crippen molar-refractivity contribution in [1.82, 2.24) is 18.7 Å². The van der Waals surface area contributed by atoms with Crippen LogP contribution < -0.4 is 16.6 Å².